The summed E-state index contributed by atoms with van der Waals surface area (Å²) in [6.07, 6.45) is 2.01. The summed E-state index contributed by atoms with van der Waals surface area (Å²) in [5.74, 6) is -1.24. The number of carbonyl (C=O) groups is 3. The van der Waals surface area contributed by atoms with Gasteiger partial charge in [-0.05, 0) is 48.8 Å². The van der Waals surface area contributed by atoms with Crippen molar-refractivity contribution in [2.75, 3.05) is 6.61 Å². The van der Waals surface area contributed by atoms with Crippen molar-refractivity contribution in [3.63, 3.8) is 0 Å². The summed E-state index contributed by atoms with van der Waals surface area (Å²) in [5.41, 5.74) is 8.47. The second-order valence-electron chi connectivity index (χ2n) is 9.83. The number of hydrogen-bond donors (Lipinski definition) is 4. The molecule has 0 saturated heterocycles. The molecule has 4 rings (SSSR count). The first-order chi connectivity index (χ1) is 17.3. The zero-order chi connectivity index (χ0) is 25.7. The molecule has 0 fully saturated rings. The molecule has 1 aliphatic rings. The van der Waals surface area contributed by atoms with Gasteiger partial charge in [0.15, 0.2) is 0 Å². The van der Waals surface area contributed by atoms with Gasteiger partial charge in [-0.1, -0.05) is 62.4 Å². The lowest BCUT2D eigenvalue weighted by molar-refractivity contribution is -0.133. The molecule has 8 nitrogen and oxygen atoms in total. The van der Waals surface area contributed by atoms with E-state index in [2.05, 4.69) is 15.6 Å². The van der Waals surface area contributed by atoms with Gasteiger partial charge in [-0.2, -0.15) is 0 Å². The van der Waals surface area contributed by atoms with Gasteiger partial charge in [0, 0.05) is 23.0 Å². The van der Waals surface area contributed by atoms with Gasteiger partial charge in [0.1, 0.15) is 11.6 Å². The van der Waals surface area contributed by atoms with E-state index in [0.29, 0.717) is 19.3 Å². The lowest BCUT2D eigenvalue weighted by Crippen LogP contribution is -2.64. The molecule has 5 N–H and O–H groups in total. The van der Waals surface area contributed by atoms with Crippen LogP contribution >= 0.6 is 0 Å². The van der Waals surface area contributed by atoms with Gasteiger partial charge in [-0.25, -0.2) is 4.79 Å². The number of nitrogens with one attached hydrogen (secondary N) is 3. The molecule has 3 aromatic rings. The molecule has 0 saturated carbocycles. The van der Waals surface area contributed by atoms with Gasteiger partial charge >= 0.3 is 6.09 Å². The number of para-hydroxylation sites is 1. The van der Waals surface area contributed by atoms with Gasteiger partial charge in [-0.3, -0.25) is 9.59 Å². The van der Waals surface area contributed by atoms with E-state index in [9.17, 15) is 14.4 Å². The van der Waals surface area contributed by atoms with E-state index in [-0.39, 0.29) is 18.9 Å². The molecule has 0 spiro atoms. The summed E-state index contributed by atoms with van der Waals surface area (Å²) in [5, 5.41) is 6.68. The maximum atomic E-state index is 13.7. The molecule has 1 aromatic heterocycles. The smallest absolute Gasteiger partial charge is 0.408 e. The van der Waals surface area contributed by atoms with Crippen LogP contribution in [0.2, 0.25) is 0 Å². The Morgan fingerprint density at radius 2 is 1.81 bits per heavy atom. The van der Waals surface area contributed by atoms with E-state index in [1.165, 1.54) is 5.56 Å². The van der Waals surface area contributed by atoms with Gasteiger partial charge in [0.05, 0.1) is 6.61 Å². The molecule has 0 aliphatic heterocycles. The third-order valence-electron chi connectivity index (χ3n) is 6.90. The Labute approximate surface area is 211 Å². The maximum Gasteiger partial charge on any atom is 0.408 e. The van der Waals surface area contributed by atoms with Crippen LogP contribution in [0.25, 0.3) is 10.9 Å². The van der Waals surface area contributed by atoms with Crippen molar-refractivity contribution >= 4 is 28.8 Å². The molecular weight excluding hydrogens is 456 g/mol. The molecule has 36 heavy (non-hydrogen) atoms. The largest absolute Gasteiger partial charge is 0.450 e. The van der Waals surface area contributed by atoms with Crippen LogP contribution < -0.4 is 16.4 Å². The molecule has 0 bridgehead atoms. The molecule has 1 aliphatic carbocycles. The predicted molar refractivity (Wildman–Crippen MR) is 138 cm³/mol. The number of hydrogen-bond acceptors (Lipinski definition) is 4. The fourth-order valence-electron chi connectivity index (χ4n) is 4.92. The van der Waals surface area contributed by atoms with Gasteiger partial charge in [-0.15, -0.1) is 0 Å². The second kappa shape index (κ2) is 10.8. The number of amides is 3. The summed E-state index contributed by atoms with van der Waals surface area (Å²) < 4.78 is 5.47. The molecule has 1 heterocycles. The number of aromatic amines is 1. The fraction of sp³-hybridized carbons (Fsp3) is 0.393. The Hall–Kier alpha value is -3.81. The number of carbonyl (C=O) groups excluding carboxylic acids is 3. The van der Waals surface area contributed by atoms with Crippen LogP contribution in [0.4, 0.5) is 4.79 Å². The molecule has 190 valence electrons. The number of aromatic nitrogens is 1. The fourth-order valence-corrected chi connectivity index (χ4v) is 4.92. The summed E-state index contributed by atoms with van der Waals surface area (Å²) in [6, 6.07) is 17.0. The zero-order valence-electron chi connectivity index (χ0n) is 20.8. The third-order valence-corrected chi connectivity index (χ3v) is 6.90. The monoisotopic (exact) mass is 490 g/mol. The first-order valence-corrected chi connectivity index (χ1v) is 12.5. The quantitative estimate of drug-likeness (QED) is 0.343. The van der Waals surface area contributed by atoms with E-state index >= 15 is 0 Å². The minimum absolute atomic E-state index is 0.194. The van der Waals surface area contributed by atoms with Crippen LogP contribution in [-0.2, 0) is 33.6 Å². The van der Waals surface area contributed by atoms with Crippen molar-refractivity contribution in [3.05, 3.63) is 71.4 Å². The van der Waals surface area contributed by atoms with Crippen molar-refractivity contribution in [1.29, 1.82) is 0 Å². The first kappa shape index (κ1) is 25.3. The number of fused-ring (bicyclic) bond motifs is 3. The lowest BCUT2D eigenvalue weighted by Gasteiger charge is -2.37. The number of aryl methyl sites for hydroxylation is 2. The van der Waals surface area contributed by atoms with E-state index in [1.54, 1.807) is 0 Å². The highest BCUT2D eigenvalue weighted by atomic mass is 16.5. The van der Waals surface area contributed by atoms with Crippen molar-refractivity contribution in [2.45, 2.75) is 57.5 Å². The highest BCUT2D eigenvalue weighted by Crippen LogP contribution is 2.34. The van der Waals surface area contributed by atoms with Gasteiger partial charge in [0.25, 0.3) is 0 Å². The Bertz CT molecular complexity index is 1240. The first-order valence-electron chi connectivity index (χ1n) is 12.5. The summed E-state index contributed by atoms with van der Waals surface area (Å²) in [6.45, 7) is 3.86. The topological polar surface area (TPSA) is 126 Å². The standard InChI is InChI=1S/C28H34N4O4/c1-18(2)24(25(29)33)31-26(34)28(32-27(35)36-16-8-11-19-9-4-3-5-10-19)15-14-23-21(17-28)20-12-6-7-13-22(20)30-23/h3-7,9-10,12-13,18,24,30H,8,11,14-17H2,1-2H3,(H2,29,33)(H,31,34)(H,32,35)/t24-,28-/m0/s1. The predicted octanol–water partition coefficient (Wildman–Crippen LogP) is 3.38. The zero-order valence-corrected chi connectivity index (χ0v) is 20.8. The minimum Gasteiger partial charge on any atom is -0.450 e. The molecule has 8 heteroatoms. The van der Waals surface area contributed by atoms with Crippen LogP contribution in [0.3, 0.4) is 0 Å². The molecule has 3 amide bonds. The van der Waals surface area contributed by atoms with E-state index in [4.69, 9.17) is 10.5 Å². The Morgan fingerprint density at radius 3 is 2.53 bits per heavy atom. The average Bonchev–Trinajstić information content (AvgIpc) is 3.23. The van der Waals surface area contributed by atoms with E-state index < -0.39 is 29.5 Å². The van der Waals surface area contributed by atoms with Crippen LogP contribution in [0.15, 0.2) is 54.6 Å². The molecule has 2 aromatic carbocycles. The van der Waals surface area contributed by atoms with E-state index in [1.807, 2.05) is 68.4 Å². The number of ether oxygens (including phenoxy) is 1. The van der Waals surface area contributed by atoms with Crippen molar-refractivity contribution in [3.8, 4) is 0 Å². The number of nitrogens with two attached hydrogens (primary N) is 1. The third kappa shape index (κ3) is 5.53. The van der Waals surface area contributed by atoms with Crippen LogP contribution in [0, 0.1) is 5.92 Å². The maximum absolute atomic E-state index is 13.7. The average molecular weight is 491 g/mol. The number of H-pyrrole nitrogens is 1. The number of benzene rings is 2. The van der Waals surface area contributed by atoms with Crippen LogP contribution in [0.5, 0.6) is 0 Å². The Balaban J connectivity index is 1.51. The number of primary amides is 1. The van der Waals surface area contributed by atoms with E-state index in [0.717, 1.165) is 28.6 Å². The summed E-state index contributed by atoms with van der Waals surface area (Å²) >= 11 is 0. The second-order valence-corrected chi connectivity index (χ2v) is 9.83. The van der Waals surface area contributed by atoms with Crippen LogP contribution in [0.1, 0.15) is 43.5 Å². The molecule has 0 unspecified atom stereocenters. The molecular formula is C28H34N4O4. The minimum atomic E-state index is -1.27. The van der Waals surface area contributed by atoms with Crippen molar-refractivity contribution in [2.24, 2.45) is 11.7 Å². The van der Waals surface area contributed by atoms with Crippen molar-refractivity contribution in [1.82, 2.24) is 15.6 Å². The van der Waals surface area contributed by atoms with Gasteiger partial charge in [0.2, 0.25) is 11.8 Å². The number of alkyl carbamates (subject to hydrolysis) is 1. The molecule has 2 atom stereocenters. The normalized spacial score (nSPS) is 17.9. The number of rotatable bonds is 9. The Kier molecular flexibility index (Phi) is 7.62. The molecule has 0 radical (unpaired) electrons. The summed E-state index contributed by atoms with van der Waals surface area (Å²) in [7, 11) is 0. The van der Waals surface area contributed by atoms with Gasteiger partial charge < -0.3 is 26.1 Å². The highest BCUT2D eigenvalue weighted by Gasteiger charge is 2.45. The Morgan fingerprint density at radius 1 is 1.08 bits per heavy atom. The SMILES string of the molecule is CC(C)[C@H](NC(=O)[C@]1(NC(=O)OCCCc2ccccc2)CCc2[nH]c3ccccc3c2C1)C(N)=O. The summed E-state index contributed by atoms with van der Waals surface area (Å²) in [4.78, 5) is 42.0. The highest BCUT2D eigenvalue weighted by molar-refractivity contribution is 5.95. The lowest BCUT2D eigenvalue weighted by atomic mass is 9.78. The van der Waals surface area contributed by atoms with Crippen molar-refractivity contribution < 1.29 is 19.1 Å². The van der Waals surface area contributed by atoms with Crippen LogP contribution in [-0.4, -0.2) is 41.1 Å².